The molecule has 6 rings (SSSR count). The highest BCUT2D eigenvalue weighted by atomic mass is 16.2. The average molecular weight is 467 g/mol. The van der Waals surface area contributed by atoms with Gasteiger partial charge in [0.2, 0.25) is 11.9 Å². The Morgan fingerprint density at radius 3 is 2.31 bits per heavy atom. The number of anilines is 2. The minimum Gasteiger partial charge on any atom is -0.383 e. The summed E-state index contributed by atoms with van der Waals surface area (Å²) >= 11 is 0. The van der Waals surface area contributed by atoms with E-state index < -0.39 is 0 Å². The Morgan fingerprint density at radius 2 is 1.63 bits per heavy atom. The van der Waals surface area contributed by atoms with Gasteiger partial charge < -0.3 is 5.32 Å². The molecule has 2 N–H and O–H groups in total. The van der Waals surface area contributed by atoms with E-state index >= 15 is 0 Å². The molecule has 1 aliphatic heterocycles. The summed E-state index contributed by atoms with van der Waals surface area (Å²) < 4.78 is 1.72. The lowest BCUT2D eigenvalue weighted by Gasteiger charge is -2.15. The molecule has 0 radical (unpaired) electrons. The maximum Gasteiger partial charge on any atom is 0.261 e. The van der Waals surface area contributed by atoms with Crippen molar-refractivity contribution in [3.63, 3.8) is 0 Å². The molecule has 0 unspecified atom stereocenters. The summed E-state index contributed by atoms with van der Waals surface area (Å²) in [5.41, 5.74) is 4.22. The lowest BCUT2D eigenvalue weighted by Crippen LogP contribution is -2.34. The van der Waals surface area contributed by atoms with Crippen molar-refractivity contribution in [3.8, 4) is 11.3 Å². The topological polar surface area (TPSA) is 109 Å². The van der Waals surface area contributed by atoms with Crippen LogP contribution in [0, 0.1) is 5.92 Å². The van der Waals surface area contributed by atoms with Crippen molar-refractivity contribution in [2.75, 3.05) is 23.7 Å². The van der Waals surface area contributed by atoms with Crippen LogP contribution in [0.5, 0.6) is 0 Å². The lowest BCUT2D eigenvalue weighted by atomic mass is 10.1. The van der Waals surface area contributed by atoms with Crippen LogP contribution in [0.25, 0.3) is 16.9 Å². The third kappa shape index (κ3) is 3.90. The number of carbonyl (C=O) groups excluding carboxylic acids is 3. The van der Waals surface area contributed by atoms with E-state index in [9.17, 15) is 14.4 Å². The predicted molar refractivity (Wildman–Crippen MR) is 130 cm³/mol. The van der Waals surface area contributed by atoms with Crippen molar-refractivity contribution in [2.24, 2.45) is 5.92 Å². The minimum atomic E-state index is -0.253. The summed E-state index contributed by atoms with van der Waals surface area (Å²) in [7, 11) is 0. The molecule has 35 heavy (non-hydrogen) atoms. The first kappa shape index (κ1) is 21.0. The summed E-state index contributed by atoms with van der Waals surface area (Å²) in [6, 6.07) is 20.4. The van der Waals surface area contributed by atoms with Gasteiger partial charge in [-0.3, -0.25) is 24.6 Å². The van der Waals surface area contributed by atoms with E-state index in [1.165, 1.54) is 4.90 Å². The number of imide groups is 1. The van der Waals surface area contributed by atoms with Crippen molar-refractivity contribution in [1.82, 2.24) is 19.5 Å². The standard InChI is InChI=1S/C26H22N6O3/c33-23(17-8-9-17)29-26-28-22-7-3-6-21(32(22)30-26)16-10-12-18(13-11-16)27-14-15-31-24(34)19-4-1-2-5-20(19)25(31)35/h1-7,10-13,17,27H,8-9,14-15H2,(H,29,30,33). The van der Waals surface area contributed by atoms with Crippen LogP contribution in [0.4, 0.5) is 11.6 Å². The zero-order valence-electron chi connectivity index (χ0n) is 18.8. The van der Waals surface area contributed by atoms with E-state index in [-0.39, 0.29) is 30.2 Å². The fourth-order valence-corrected chi connectivity index (χ4v) is 4.25. The number of aromatic nitrogens is 3. The molecule has 9 heteroatoms. The van der Waals surface area contributed by atoms with Crippen molar-refractivity contribution in [3.05, 3.63) is 77.9 Å². The number of benzene rings is 2. The summed E-state index contributed by atoms with van der Waals surface area (Å²) in [6.07, 6.45) is 1.84. The van der Waals surface area contributed by atoms with Crippen LogP contribution in [0.2, 0.25) is 0 Å². The van der Waals surface area contributed by atoms with Crippen LogP contribution in [0.3, 0.4) is 0 Å². The normalized spacial score (nSPS) is 14.9. The highest BCUT2D eigenvalue weighted by molar-refractivity contribution is 6.21. The first-order valence-electron chi connectivity index (χ1n) is 11.5. The Balaban J connectivity index is 1.12. The number of nitrogens with one attached hydrogen (secondary N) is 2. The van der Waals surface area contributed by atoms with Crippen molar-refractivity contribution >= 4 is 35.0 Å². The Morgan fingerprint density at radius 1 is 0.914 bits per heavy atom. The van der Waals surface area contributed by atoms with E-state index in [1.54, 1.807) is 28.8 Å². The van der Waals surface area contributed by atoms with Crippen molar-refractivity contribution in [2.45, 2.75) is 12.8 Å². The summed E-state index contributed by atoms with van der Waals surface area (Å²) in [5, 5.41) is 10.5. The van der Waals surface area contributed by atoms with Crippen LogP contribution in [-0.4, -0.2) is 50.3 Å². The lowest BCUT2D eigenvalue weighted by molar-refractivity contribution is -0.117. The molecule has 1 saturated carbocycles. The van der Waals surface area contributed by atoms with Crippen LogP contribution in [0.1, 0.15) is 33.6 Å². The van der Waals surface area contributed by atoms with E-state index in [0.29, 0.717) is 29.3 Å². The second kappa shape index (κ2) is 8.35. The molecule has 0 spiro atoms. The Hall–Kier alpha value is -4.53. The molecule has 1 aliphatic carbocycles. The van der Waals surface area contributed by atoms with Gasteiger partial charge in [0.05, 0.1) is 16.8 Å². The van der Waals surface area contributed by atoms with Crippen LogP contribution in [0.15, 0.2) is 66.7 Å². The number of rotatable bonds is 7. The molecule has 2 aliphatic rings. The molecular weight excluding hydrogens is 444 g/mol. The second-order valence-corrected chi connectivity index (χ2v) is 8.69. The van der Waals surface area contributed by atoms with Gasteiger partial charge in [-0.25, -0.2) is 4.52 Å². The smallest absolute Gasteiger partial charge is 0.261 e. The number of pyridine rings is 1. The molecule has 0 bridgehead atoms. The van der Waals surface area contributed by atoms with Crippen molar-refractivity contribution < 1.29 is 14.4 Å². The molecule has 2 aromatic carbocycles. The summed E-state index contributed by atoms with van der Waals surface area (Å²) in [4.78, 5) is 42.7. The third-order valence-electron chi connectivity index (χ3n) is 6.27. The maximum atomic E-state index is 12.5. The van der Waals surface area contributed by atoms with E-state index in [4.69, 9.17) is 0 Å². The van der Waals surface area contributed by atoms with Gasteiger partial charge in [0.1, 0.15) is 0 Å². The minimum absolute atomic E-state index is 0.0286. The van der Waals surface area contributed by atoms with E-state index in [2.05, 4.69) is 20.7 Å². The molecule has 9 nitrogen and oxygen atoms in total. The fraction of sp³-hybridized carbons (Fsp3) is 0.192. The quantitative estimate of drug-likeness (QED) is 0.404. The van der Waals surface area contributed by atoms with Crippen molar-refractivity contribution in [1.29, 1.82) is 0 Å². The first-order chi connectivity index (χ1) is 17.1. The molecule has 0 atom stereocenters. The summed E-state index contributed by atoms with van der Waals surface area (Å²) in [5.74, 6) is -0.147. The fourth-order valence-electron chi connectivity index (χ4n) is 4.25. The van der Waals surface area contributed by atoms with Gasteiger partial charge in [0, 0.05) is 30.3 Å². The van der Waals surface area contributed by atoms with Gasteiger partial charge in [-0.2, -0.15) is 4.98 Å². The number of carbonyl (C=O) groups is 3. The van der Waals surface area contributed by atoms with Crippen LogP contribution < -0.4 is 10.6 Å². The number of hydrogen-bond donors (Lipinski definition) is 2. The van der Waals surface area contributed by atoms with Gasteiger partial charge in [-0.15, -0.1) is 5.10 Å². The van der Waals surface area contributed by atoms with E-state index in [0.717, 1.165) is 29.8 Å². The Labute approximate surface area is 200 Å². The molecule has 174 valence electrons. The van der Waals surface area contributed by atoms with Crippen LogP contribution in [-0.2, 0) is 4.79 Å². The predicted octanol–water partition coefficient (Wildman–Crippen LogP) is 3.45. The van der Waals surface area contributed by atoms with Gasteiger partial charge >= 0.3 is 0 Å². The molecular formula is C26H22N6O3. The molecule has 1 fully saturated rings. The SMILES string of the molecule is O=C(Nc1nc2cccc(-c3ccc(NCCN4C(=O)c5ccccc5C4=O)cc3)n2n1)C1CC1. The molecule has 3 amide bonds. The first-order valence-corrected chi connectivity index (χ1v) is 11.5. The highest BCUT2D eigenvalue weighted by Crippen LogP contribution is 2.30. The monoisotopic (exact) mass is 466 g/mol. The average Bonchev–Trinajstić information content (AvgIpc) is 3.61. The Kier molecular flexibility index (Phi) is 5.02. The highest BCUT2D eigenvalue weighted by Gasteiger charge is 2.34. The Bertz CT molecular complexity index is 1440. The summed E-state index contributed by atoms with van der Waals surface area (Å²) in [6.45, 7) is 0.718. The molecule has 2 aromatic heterocycles. The zero-order valence-corrected chi connectivity index (χ0v) is 18.8. The number of fused-ring (bicyclic) bond motifs is 2. The zero-order chi connectivity index (χ0) is 23.9. The van der Waals surface area contributed by atoms with Gasteiger partial charge in [0.25, 0.3) is 11.8 Å². The van der Waals surface area contributed by atoms with Gasteiger partial charge in [-0.05, 0) is 49.2 Å². The number of hydrogen-bond acceptors (Lipinski definition) is 6. The molecule has 3 heterocycles. The maximum absolute atomic E-state index is 12.5. The third-order valence-corrected chi connectivity index (χ3v) is 6.27. The van der Waals surface area contributed by atoms with Gasteiger partial charge in [0.15, 0.2) is 5.65 Å². The van der Waals surface area contributed by atoms with E-state index in [1.807, 2.05) is 42.5 Å². The molecule has 4 aromatic rings. The number of amides is 3. The largest absolute Gasteiger partial charge is 0.383 e. The second-order valence-electron chi connectivity index (χ2n) is 8.69. The van der Waals surface area contributed by atoms with Crippen LogP contribution >= 0.6 is 0 Å². The van der Waals surface area contributed by atoms with Gasteiger partial charge in [-0.1, -0.05) is 30.3 Å². The number of nitrogens with zero attached hydrogens (tertiary/aromatic N) is 4. The molecule has 0 saturated heterocycles.